The quantitative estimate of drug-likeness (QED) is 0.597. The van der Waals surface area contributed by atoms with Crippen molar-refractivity contribution in [2.45, 2.75) is 38.5 Å². The first kappa shape index (κ1) is 21.0. The summed E-state index contributed by atoms with van der Waals surface area (Å²) in [5, 5.41) is 11.0. The number of halogens is 3. The van der Waals surface area contributed by atoms with Gasteiger partial charge in [0.05, 0.1) is 11.9 Å². The van der Waals surface area contributed by atoms with Gasteiger partial charge in [-0.05, 0) is 49.3 Å². The molecule has 32 heavy (non-hydrogen) atoms. The summed E-state index contributed by atoms with van der Waals surface area (Å²) in [6, 6.07) is 12.8. The normalized spacial score (nSPS) is 23.0. The van der Waals surface area contributed by atoms with Gasteiger partial charge >= 0.3 is 6.18 Å². The number of aromatic nitrogens is 3. The van der Waals surface area contributed by atoms with Gasteiger partial charge in [-0.3, -0.25) is 5.10 Å². The molecule has 1 saturated carbocycles. The lowest BCUT2D eigenvalue weighted by Gasteiger charge is -2.23. The Morgan fingerprint density at radius 1 is 1.09 bits per heavy atom. The number of aryl methyl sites for hydroxylation is 1. The molecule has 8 heteroatoms. The maximum atomic E-state index is 13.1. The Bertz CT molecular complexity index is 1080. The second-order valence-electron chi connectivity index (χ2n) is 8.91. The van der Waals surface area contributed by atoms with Crippen molar-refractivity contribution in [3.05, 3.63) is 65.5 Å². The van der Waals surface area contributed by atoms with Crippen LogP contribution < -0.4 is 10.2 Å². The molecule has 1 aliphatic carbocycles. The fourth-order valence-corrected chi connectivity index (χ4v) is 5.12. The lowest BCUT2D eigenvalue weighted by atomic mass is 9.97. The highest BCUT2D eigenvalue weighted by atomic mass is 19.4. The van der Waals surface area contributed by atoms with Gasteiger partial charge in [-0.15, -0.1) is 0 Å². The number of nitrogens with one attached hydrogen (secondary N) is 2. The molecule has 0 radical (unpaired) electrons. The zero-order chi connectivity index (χ0) is 22.3. The number of rotatable bonds is 5. The summed E-state index contributed by atoms with van der Waals surface area (Å²) in [6.07, 6.45) is -0.400. The predicted molar refractivity (Wildman–Crippen MR) is 117 cm³/mol. The fraction of sp³-hybridized carbons (Fsp3) is 0.417. The molecule has 3 aromatic rings. The van der Waals surface area contributed by atoms with Gasteiger partial charge < -0.3 is 10.2 Å². The van der Waals surface area contributed by atoms with E-state index in [0.29, 0.717) is 30.2 Å². The molecule has 2 fully saturated rings. The Labute approximate surface area is 185 Å². The minimum Gasteiger partial charge on any atom is -0.356 e. The monoisotopic (exact) mass is 441 g/mol. The van der Waals surface area contributed by atoms with Crippen molar-refractivity contribution in [3.63, 3.8) is 0 Å². The Morgan fingerprint density at radius 3 is 2.69 bits per heavy atom. The SMILES string of the molecule is Cc1ccc(-c2[nH]ncc2CN[C@H]2CC[C@@H]3CN(c4cccc(C(F)(F)F)n4)C[C@@H]32)cc1. The average molecular weight is 442 g/mol. The van der Waals surface area contributed by atoms with Crippen LogP contribution in [0.25, 0.3) is 11.3 Å². The number of alkyl halides is 3. The summed E-state index contributed by atoms with van der Waals surface area (Å²) in [7, 11) is 0. The standard InChI is InChI=1S/C24H26F3N5/c1-15-5-7-16(8-6-15)23-18(12-29-31-23)11-28-20-10-9-17-13-32(14-19(17)20)22-4-2-3-21(30-22)24(25,26)27/h2-8,12,17,19-20,28H,9-11,13-14H2,1H3,(H,29,31)/t17-,19+,20+/m1/s1. The topological polar surface area (TPSA) is 56.8 Å². The summed E-state index contributed by atoms with van der Waals surface area (Å²) >= 11 is 0. The van der Waals surface area contributed by atoms with E-state index in [1.54, 1.807) is 6.07 Å². The maximum absolute atomic E-state index is 13.1. The smallest absolute Gasteiger partial charge is 0.356 e. The molecule has 1 aromatic carbocycles. The van der Waals surface area contributed by atoms with Crippen LogP contribution in [0.3, 0.4) is 0 Å². The minimum atomic E-state index is -4.42. The van der Waals surface area contributed by atoms with E-state index in [1.165, 1.54) is 11.6 Å². The molecule has 2 N–H and O–H groups in total. The fourth-order valence-electron chi connectivity index (χ4n) is 5.12. The number of hydrogen-bond donors (Lipinski definition) is 2. The third-order valence-corrected chi connectivity index (χ3v) is 6.82. The molecule has 1 aliphatic heterocycles. The first-order chi connectivity index (χ1) is 15.4. The van der Waals surface area contributed by atoms with E-state index in [1.807, 2.05) is 11.1 Å². The highest BCUT2D eigenvalue weighted by Gasteiger charge is 2.43. The van der Waals surface area contributed by atoms with Gasteiger partial charge in [0.2, 0.25) is 0 Å². The van der Waals surface area contributed by atoms with E-state index < -0.39 is 11.9 Å². The molecule has 2 aliphatic rings. The van der Waals surface area contributed by atoms with E-state index in [2.05, 4.69) is 51.7 Å². The van der Waals surface area contributed by atoms with Crippen molar-refractivity contribution in [1.29, 1.82) is 0 Å². The van der Waals surface area contributed by atoms with Crippen molar-refractivity contribution in [2.75, 3.05) is 18.0 Å². The first-order valence-electron chi connectivity index (χ1n) is 11.0. The molecule has 5 rings (SSSR count). The number of pyridine rings is 1. The van der Waals surface area contributed by atoms with Gasteiger partial charge in [-0.25, -0.2) is 4.98 Å². The van der Waals surface area contributed by atoms with Crippen LogP contribution >= 0.6 is 0 Å². The van der Waals surface area contributed by atoms with Crippen LogP contribution in [0.1, 0.15) is 29.7 Å². The van der Waals surface area contributed by atoms with Crippen molar-refractivity contribution in [3.8, 4) is 11.3 Å². The van der Waals surface area contributed by atoms with Crippen LogP contribution in [0.5, 0.6) is 0 Å². The van der Waals surface area contributed by atoms with Crippen LogP contribution in [0.4, 0.5) is 19.0 Å². The van der Waals surface area contributed by atoms with Gasteiger partial charge in [-0.1, -0.05) is 35.9 Å². The second-order valence-corrected chi connectivity index (χ2v) is 8.91. The Balaban J connectivity index is 1.25. The number of fused-ring (bicyclic) bond motifs is 1. The number of hydrogen-bond acceptors (Lipinski definition) is 4. The second kappa shape index (κ2) is 8.24. The van der Waals surface area contributed by atoms with Crippen molar-refractivity contribution in [1.82, 2.24) is 20.5 Å². The number of anilines is 1. The molecule has 0 bridgehead atoms. The highest BCUT2D eigenvalue weighted by Crippen LogP contribution is 2.40. The van der Waals surface area contributed by atoms with E-state index >= 15 is 0 Å². The molecule has 3 atom stereocenters. The minimum absolute atomic E-state index is 0.330. The highest BCUT2D eigenvalue weighted by molar-refractivity contribution is 5.62. The van der Waals surface area contributed by atoms with Crippen molar-refractivity contribution >= 4 is 5.82 Å². The number of benzene rings is 1. The molecule has 3 heterocycles. The van der Waals surface area contributed by atoms with Crippen LogP contribution in [0.15, 0.2) is 48.7 Å². The summed E-state index contributed by atoms with van der Waals surface area (Å²) in [6.45, 7) is 4.26. The Hall–Kier alpha value is -2.87. The van der Waals surface area contributed by atoms with E-state index in [-0.39, 0.29) is 0 Å². The first-order valence-corrected chi connectivity index (χ1v) is 11.0. The van der Waals surface area contributed by atoms with Gasteiger partial charge in [0, 0.05) is 31.2 Å². The molecule has 0 unspecified atom stereocenters. The van der Waals surface area contributed by atoms with Gasteiger partial charge in [-0.2, -0.15) is 18.3 Å². The molecule has 168 valence electrons. The number of aromatic amines is 1. The van der Waals surface area contributed by atoms with Crippen LogP contribution in [-0.2, 0) is 12.7 Å². The van der Waals surface area contributed by atoms with E-state index in [4.69, 9.17) is 0 Å². The molecule has 2 aromatic heterocycles. The maximum Gasteiger partial charge on any atom is 0.433 e. The van der Waals surface area contributed by atoms with Gasteiger partial charge in [0.25, 0.3) is 0 Å². The summed E-state index contributed by atoms with van der Waals surface area (Å²) in [4.78, 5) is 5.89. The number of nitrogens with zero attached hydrogens (tertiary/aromatic N) is 3. The average Bonchev–Trinajstić information content (AvgIpc) is 3.49. The third kappa shape index (κ3) is 4.11. The Morgan fingerprint density at radius 2 is 1.91 bits per heavy atom. The van der Waals surface area contributed by atoms with Crippen LogP contribution in [-0.4, -0.2) is 34.3 Å². The molecule has 0 amide bonds. The molecular formula is C24H26F3N5. The predicted octanol–water partition coefficient (Wildman–Crippen LogP) is 4.80. The summed E-state index contributed by atoms with van der Waals surface area (Å²) in [5.74, 6) is 1.30. The van der Waals surface area contributed by atoms with Crippen LogP contribution in [0.2, 0.25) is 0 Å². The largest absolute Gasteiger partial charge is 0.433 e. The van der Waals surface area contributed by atoms with Crippen LogP contribution in [0, 0.1) is 18.8 Å². The van der Waals surface area contributed by atoms with Gasteiger partial charge in [0.1, 0.15) is 11.5 Å². The lowest BCUT2D eigenvalue weighted by Crippen LogP contribution is -2.35. The molecular weight excluding hydrogens is 415 g/mol. The summed E-state index contributed by atoms with van der Waals surface area (Å²) < 4.78 is 39.2. The summed E-state index contributed by atoms with van der Waals surface area (Å²) in [5.41, 5.74) is 3.63. The third-order valence-electron chi connectivity index (χ3n) is 6.82. The molecule has 0 spiro atoms. The molecule has 5 nitrogen and oxygen atoms in total. The number of H-pyrrole nitrogens is 1. The Kier molecular flexibility index (Phi) is 5.41. The van der Waals surface area contributed by atoms with Gasteiger partial charge in [0.15, 0.2) is 0 Å². The lowest BCUT2D eigenvalue weighted by molar-refractivity contribution is -0.141. The zero-order valence-electron chi connectivity index (χ0n) is 17.9. The van der Waals surface area contributed by atoms with Crippen molar-refractivity contribution < 1.29 is 13.2 Å². The molecule has 1 saturated heterocycles. The van der Waals surface area contributed by atoms with Crippen molar-refractivity contribution in [2.24, 2.45) is 11.8 Å². The zero-order valence-corrected chi connectivity index (χ0v) is 17.9. The van der Waals surface area contributed by atoms with E-state index in [0.717, 1.165) is 48.8 Å². The van der Waals surface area contributed by atoms with E-state index in [9.17, 15) is 13.2 Å².